The molecule has 0 aromatic heterocycles. The summed E-state index contributed by atoms with van der Waals surface area (Å²) in [4.78, 5) is 13.7. The molecule has 0 saturated heterocycles. The first kappa shape index (κ1) is 16.8. The topological polar surface area (TPSA) is 75.8 Å². The van der Waals surface area contributed by atoms with Crippen LogP contribution in [0.3, 0.4) is 0 Å². The summed E-state index contributed by atoms with van der Waals surface area (Å²) in [5.41, 5.74) is 7.16. The molecule has 3 N–H and O–H groups in total. The van der Waals surface area contributed by atoms with E-state index in [-0.39, 0.29) is 17.4 Å². The molecule has 0 aliphatic carbocycles. The van der Waals surface area contributed by atoms with Crippen molar-refractivity contribution in [2.24, 2.45) is 5.73 Å². The van der Waals surface area contributed by atoms with Gasteiger partial charge in [0.1, 0.15) is 0 Å². The number of aliphatic hydroxyl groups excluding tert-OH is 1. The number of primary amides is 1. The van der Waals surface area contributed by atoms with Crippen LogP contribution in [0.4, 0.5) is 5.69 Å². The zero-order valence-electron chi connectivity index (χ0n) is 13.6. The minimum Gasteiger partial charge on any atom is -0.389 e. The van der Waals surface area contributed by atoms with E-state index in [1.807, 2.05) is 45.0 Å². The third-order valence-electron chi connectivity index (χ3n) is 3.82. The zero-order valence-corrected chi connectivity index (χ0v) is 13.6. The van der Waals surface area contributed by atoms with Crippen LogP contribution in [0.15, 0.2) is 24.3 Å². The molecular formula is C17H26N2O3. The largest absolute Gasteiger partial charge is 0.389 e. The van der Waals surface area contributed by atoms with Crippen molar-refractivity contribution >= 4 is 11.6 Å². The first-order chi connectivity index (χ1) is 10.3. The number of hydrogen-bond donors (Lipinski definition) is 2. The Hall–Kier alpha value is -1.59. The lowest BCUT2D eigenvalue weighted by Crippen LogP contribution is -2.41. The number of fused-ring (bicyclic) bond motifs is 1. The summed E-state index contributed by atoms with van der Waals surface area (Å²) in [5.74, 6) is -0.529. The number of anilines is 1. The Bertz CT molecular complexity index is 525. The van der Waals surface area contributed by atoms with E-state index < -0.39 is 6.10 Å². The van der Waals surface area contributed by atoms with E-state index in [0.717, 1.165) is 11.3 Å². The molecular weight excluding hydrogens is 280 g/mol. The van der Waals surface area contributed by atoms with Gasteiger partial charge in [0, 0.05) is 18.8 Å². The van der Waals surface area contributed by atoms with E-state index >= 15 is 0 Å². The van der Waals surface area contributed by atoms with Gasteiger partial charge in [-0.15, -0.1) is 0 Å². The maximum absolute atomic E-state index is 11.6. The van der Waals surface area contributed by atoms with Crippen LogP contribution in [0.1, 0.15) is 38.7 Å². The van der Waals surface area contributed by atoms with Gasteiger partial charge in [-0.05, 0) is 38.8 Å². The number of ether oxygens (including phenoxy) is 1. The van der Waals surface area contributed by atoms with E-state index in [2.05, 4.69) is 4.90 Å². The van der Waals surface area contributed by atoms with E-state index in [0.29, 0.717) is 26.1 Å². The monoisotopic (exact) mass is 306 g/mol. The number of aliphatic hydroxyl groups is 1. The predicted octanol–water partition coefficient (Wildman–Crippen LogP) is 1.64. The van der Waals surface area contributed by atoms with Crippen molar-refractivity contribution in [2.75, 3.05) is 24.6 Å². The number of hydrogen-bond acceptors (Lipinski definition) is 4. The Balaban J connectivity index is 2.06. The lowest BCUT2D eigenvalue weighted by atomic mass is 9.89. The summed E-state index contributed by atoms with van der Waals surface area (Å²) in [6.45, 7) is 7.38. The van der Waals surface area contributed by atoms with Gasteiger partial charge in [0.25, 0.3) is 0 Å². The number of β-amino-alcohol motifs (C(OH)–C–C–N with tert-alkyl or cyclic N) is 1. The number of carbonyl (C=O) groups excluding carboxylic acids is 1. The van der Waals surface area contributed by atoms with Crippen LogP contribution in [0.5, 0.6) is 0 Å². The maximum atomic E-state index is 11.6. The minimum absolute atomic E-state index is 0.240. The lowest BCUT2D eigenvalue weighted by molar-refractivity contribution is -0.119. The van der Waals surface area contributed by atoms with Gasteiger partial charge in [0.05, 0.1) is 24.2 Å². The molecule has 0 bridgehead atoms. The molecule has 0 saturated carbocycles. The summed E-state index contributed by atoms with van der Waals surface area (Å²) < 4.78 is 5.63. The molecule has 0 fully saturated rings. The van der Waals surface area contributed by atoms with Crippen molar-refractivity contribution < 1.29 is 14.6 Å². The van der Waals surface area contributed by atoms with Crippen molar-refractivity contribution in [1.29, 1.82) is 0 Å². The smallest absolute Gasteiger partial charge is 0.225 e. The van der Waals surface area contributed by atoms with E-state index in [1.165, 1.54) is 0 Å². The standard InChI is InChI=1S/C17H26N2O3/c1-17(2,3)22-11-12(20)10-19-9-8-14(16(18)21)13-6-4-5-7-15(13)19/h4-7,12,14,20H,8-11H2,1-3H3,(H2,18,21). The molecule has 1 aliphatic heterocycles. The van der Waals surface area contributed by atoms with Gasteiger partial charge < -0.3 is 20.5 Å². The number of amides is 1. The van der Waals surface area contributed by atoms with Crippen molar-refractivity contribution in [3.63, 3.8) is 0 Å². The van der Waals surface area contributed by atoms with E-state index in [1.54, 1.807) is 0 Å². The second-order valence-electron chi connectivity index (χ2n) is 6.83. The molecule has 1 aromatic carbocycles. The zero-order chi connectivity index (χ0) is 16.3. The third-order valence-corrected chi connectivity index (χ3v) is 3.82. The number of carbonyl (C=O) groups is 1. The number of nitrogens with two attached hydrogens (primary N) is 1. The Kier molecular flexibility index (Phi) is 5.08. The SMILES string of the molecule is CC(C)(C)OCC(O)CN1CCC(C(N)=O)c2ccccc21. The number of benzene rings is 1. The molecule has 1 aromatic rings. The first-order valence-corrected chi connectivity index (χ1v) is 7.73. The Labute approximate surface area is 132 Å². The molecule has 2 unspecified atom stereocenters. The van der Waals surface area contributed by atoms with Crippen LogP contribution < -0.4 is 10.6 Å². The highest BCUT2D eigenvalue weighted by Gasteiger charge is 2.29. The van der Waals surface area contributed by atoms with Crippen molar-refractivity contribution in [2.45, 2.75) is 44.8 Å². The summed E-state index contributed by atoms with van der Waals surface area (Å²) >= 11 is 0. The summed E-state index contributed by atoms with van der Waals surface area (Å²) in [5, 5.41) is 10.2. The number of rotatable bonds is 5. The Morgan fingerprint density at radius 1 is 1.45 bits per heavy atom. The molecule has 0 radical (unpaired) electrons. The normalized spacial score (nSPS) is 19.6. The van der Waals surface area contributed by atoms with E-state index in [4.69, 9.17) is 10.5 Å². The summed E-state index contributed by atoms with van der Waals surface area (Å²) in [6, 6.07) is 7.77. The molecule has 22 heavy (non-hydrogen) atoms. The van der Waals surface area contributed by atoms with Gasteiger partial charge >= 0.3 is 0 Å². The molecule has 1 amide bonds. The average molecular weight is 306 g/mol. The quantitative estimate of drug-likeness (QED) is 0.867. The second-order valence-corrected chi connectivity index (χ2v) is 6.83. The van der Waals surface area contributed by atoms with Crippen LogP contribution in [-0.2, 0) is 9.53 Å². The van der Waals surface area contributed by atoms with Crippen LogP contribution in [0.25, 0.3) is 0 Å². The maximum Gasteiger partial charge on any atom is 0.225 e. The molecule has 1 aliphatic rings. The lowest BCUT2D eigenvalue weighted by Gasteiger charge is -2.36. The van der Waals surface area contributed by atoms with Crippen molar-refractivity contribution in [3.8, 4) is 0 Å². The molecule has 2 rings (SSSR count). The molecule has 0 spiro atoms. The molecule has 2 atom stereocenters. The molecule has 1 heterocycles. The fraction of sp³-hybridized carbons (Fsp3) is 0.588. The van der Waals surface area contributed by atoms with Crippen molar-refractivity contribution in [3.05, 3.63) is 29.8 Å². The number of nitrogens with zero attached hydrogens (tertiary/aromatic N) is 1. The minimum atomic E-state index is -0.572. The van der Waals surface area contributed by atoms with Crippen LogP contribution >= 0.6 is 0 Å². The Morgan fingerprint density at radius 2 is 2.14 bits per heavy atom. The van der Waals surface area contributed by atoms with Crippen LogP contribution in [0.2, 0.25) is 0 Å². The highest BCUT2D eigenvalue weighted by atomic mass is 16.5. The predicted molar refractivity (Wildman–Crippen MR) is 86.9 cm³/mol. The second kappa shape index (κ2) is 6.67. The fourth-order valence-corrected chi connectivity index (χ4v) is 2.77. The highest BCUT2D eigenvalue weighted by molar-refractivity contribution is 5.85. The molecule has 122 valence electrons. The van der Waals surface area contributed by atoms with Gasteiger partial charge in [-0.25, -0.2) is 0 Å². The Morgan fingerprint density at radius 3 is 2.77 bits per heavy atom. The van der Waals surface area contributed by atoms with Gasteiger partial charge in [-0.3, -0.25) is 4.79 Å². The van der Waals surface area contributed by atoms with Gasteiger partial charge in [0.15, 0.2) is 0 Å². The number of para-hydroxylation sites is 1. The summed E-state index contributed by atoms with van der Waals surface area (Å²) in [7, 11) is 0. The molecule has 5 heteroatoms. The average Bonchev–Trinajstić information content (AvgIpc) is 2.44. The van der Waals surface area contributed by atoms with Gasteiger partial charge in [-0.1, -0.05) is 18.2 Å². The van der Waals surface area contributed by atoms with Crippen LogP contribution in [-0.4, -0.2) is 42.4 Å². The van der Waals surface area contributed by atoms with Gasteiger partial charge in [0.2, 0.25) is 5.91 Å². The third kappa shape index (κ3) is 4.21. The summed E-state index contributed by atoms with van der Waals surface area (Å²) in [6.07, 6.45) is 0.108. The fourth-order valence-electron chi connectivity index (χ4n) is 2.77. The highest BCUT2D eigenvalue weighted by Crippen LogP contribution is 2.34. The van der Waals surface area contributed by atoms with Crippen LogP contribution in [0, 0.1) is 0 Å². The van der Waals surface area contributed by atoms with E-state index in [9.17, 15) is 9.90 Å². The first-order valence-electron chi connectivity index (χ1n) is 7.73. The molecule has 5 nitrogen and oxygen atoms in total. The van der Waals surface area contributed by atoms with Gasteiger partial charge in [-0.2, -0.15) is 0 Å². The van der Waals surface area contributed by atoms with Crippen molar-refractivity contribution in [1.82, 2.24) is 0 Å².